The van der Waals surface area contributed by atoms with E-state index in [1.165, 1.54) is 24.3 Å². The molecule has 0 amide bonds. The van der Waals surface area contributed by atoms with Crippen LogP contribution in [-0.4, -0.2) is 19.1 Å². The van der Waals surface area contributed by atoms with Gasteiger partial charge in [0.1, 0.15) is 10.8 Å². The van der Waals surface area contributed by atoms with Crippen molar-refractivity contribution >= 4 is 5.97 Å². The number of esters is 1. The van der Waals surface area contributed by atoms with Crippen LogP contribution in [0.5, 0.6) is 0 Å². The standard InChI is InChI=1S/C10H10FN2O2/c11-9-3-1-8(2-4-9)7-10(14)15-6-5-13-12/h1-4H,5-7H2/q+1. The van der Waals surface area contributed by atoms with Crippen LogP contribution in [0.15, 0.2) is 24.3 Å². The number of hydrogen-bond acceptors (Lipinski definition) is 3. The molecule has 78 valence electrons. The number of nitrogens with zero attached hydrogens (tertiary/aromatic N) is 2. The molecule has 0 atom stereocenters. The summed E-state index contributed by atoms with van der Waals surface area (Å²) in [5.74, 6) is -0.767. The van der Waals surface area contributed by atoms with E-state index >= 15 is 0 Å². The predicted molar refractivity (Wildman–Crippen MR) is 51.0 cm³/mol. The maximum absolute atomic E-state index is 12.5. The molecule has 0 aromatic heterocycles. The fourth-order valence-corrected chi connectivity index (χ4v) is 1.02. The first kappa shape index (κ1) is 11.1. The zero-order chi connectivity index (χ0) is 11.1. The third-order valence-electron chi connectivity index (χ3n) is 1.72. The molecular weight excluding hydrogens is 199 g/mol. The van der Waals surface area contributed by atoms with Gasteiger partial charge < -0.3 is 4.74 Å². The maximum Gasteiger partial charge on any atom is 0.338 e. The summed E-state index contributed by atoms with van der Waals surface area (Å²) in [6.07, 6.45) is 0.0890. The van der Waals surface area contributed by atoms with Gasteiger partial charge in [0.05, 0.1) is 6.42 Å². The molecule has 1 aromatic carbocycles. The number of rotatable bonds is 4. The number of carbonyl (C=O) groups is 1. The largest absolute Gasteiger partial charge is 0.457 e. The van der Waals surface area contributed by atoms with Crippen molar-refractivity contribution < 1.29 is 13.9 Å². The summed E-state index contributed by atoms with van der Waals surface area (Å²) in [4.78, 5) is 13.9. The molecule has 0 saturated carbocycles. The normalized spacial score (nSPS) is 9.33. The van der Waals surface area contributed by atoms with E-state index in [0.29, 0.717) is 5.56 Å². The van der Waals surface area contributed by atoms with Gasteiger partial charge in [-0.05, 0) is 17.7 Å². The summed E-state index contributed by atoms with van der Waals surface area (Å²) in [7, 11) is 0. The highest BCUT2D eigenvalue weighted by Gasteiger charge is 2.06. The van der Waals surface area contributed by atoms with Crippen molar-refractivity contribution in [1.29, 1.82) is 5.39 Å². The topological polar surface area (TPSA) is 54.4 Å². The summed E-state index contributed by atoms with van der Waals surface area (Å²) >= 11 is 0. The molecule has 0 aliphatic heterocycles. The average Bonchev–Trinajstić information content (AvgIpc) is 2.22. The van der Waals surface area contributed by atoms with Crippen molar-refractivity contribution in [3.63, 3.8) is 0 Å². The first-order chi connectivity index (χ1) is 7.22. The minimum absolute atomic E-state index is 0.0521. The van der Waals surface area contributed by atoms with Gasteiger partial charge in [0.15, 0.2) is 6.61 Å². The lowest BCUT2D eigenvalue weighted by Gasteiger charge is -2.00. The maximum atomic E-state index is 12.5. The summed E-state index contributed by atoms with van der Waals surface area (Å²) in [6, 6.07) is 5.61. The molecule has 1 rings (SSSR count). The molecule has 0 aliphatic rings. The van der Waals surface area contributed by atoms with Crippen LogP contribution in [-0.2, 0) is 16.0 Å². The van der Waals surface area contributed by atoms with E-state index in [-0.39, 0.29) is 25.4 Å². The van der Waals surface area contributed by atoms with E-state index in [1.54, 1.807) is 0 Å². The number of diazo groups is 1. The quantitative estimate of drug-likeness (QED) is 0.431. The first-order valence-corrected chi connectivity index (χ1v) is 4.43. The van der Waals surface area contributed by atoms with Gasteiger partial charge in [0.2, 0.25) is 5.39 Å². The summed E-state index contributed by atoms with van der Waals surface area (Å²) in [5.41, 5.74) is 0.683. The Hall–Kier alpha value is -1.96. The molecule has 0 aliphatic carbocycles. The molecule has 0 bridgehead atoms. The van der Waals surface area contributed by atoms with Gasteiger partial charge in [-0.25, -0.2) is 4.39 Å². The predicted octanol–water partition coefficient (Wildman–Crippen LogP) is 1.76. The van der Waals surface area contributed by atoms with Crippen LogP contribution in [0.1, 0.15) is 5.56 Å². The van der Waals surface area contributed by atoms with Crippen LogP contribution in [0.2, 0.25) is 0 Å². The lowest BCUT2D eigenvalue weighted by Crippen LogP contribution is -2.10. The molecule has 0 spiro atoms. The highest BCUT2D eigenvalue weighted by molar-refractivity contribution is 5.72. The molecule has 0 heterocycles. The highest BCUT2D eigenvalue weighted by atomic mass is 19.1. The van der Waals surface area contributed by atoms with Crippen molar-refractivity contribution in [3.05, 3.63) is 40.6 Å². The summed E-state index contributed by atoms with van der Waals surface area (Å²) in [5, 5.41) is 8.09. The second kappa shape index (κ2) is 5.70. The van der Waals surface area contributed by atoms with E-state index in [1.807, 2.05) is 0 Å². The van der Waals surface area contributed by atoms with Gasteiger partial charge in [0.25, 0.3) is 0 Å². The first-order valence-electron chi connectivity index (χ1n) is 4.43. The Labute approximate surface area is 86.3 Å². The van der Waals surface area contributed by atoms with Crippen LogP contribution in [0.3, 0.4) is 0 Å². The van der Waals surface area contributed by atoms with Gasteiger partial charge in [-0.15, -0.1) is 0 Å². The van der Waals surface area contributed by atoms with E-state index in [2.05, 4.69) is 4.98 Å². The Kier molecular flexibility index (Phi) is 4.23. The minimum atomic E-state index is -0.426. The van der Waals surface area contributed by atoms with E-state index < -0.39 is 5.97 Å². The van der Waals surface area contributed by atoms with Crippen LogP contribution in [0.25, 0.3) is 4.98 Å². The molecule has 0 radical (unpaired) electrons. The van der Waals surface area contributed by atoms with Crippen LogP contribution in [0, 0.1) is 11.2 Å². The van der Waals surface area contributed by atoms with Crippen molar-refractivity contribution in [2.75, 3.05) is 13.2 Å². The molecule has 0 unspecified atom stereocenters. The summed E-state index contributed by atoms with van der Waals surface area (Å²) in [6.45, 7) is 0.117. The van der Waals surface area contributed by atoms with E-state index in [4.69, 9.17) is 10.1 Å². The number of benzene rings is 1. The number of ether oxygens (including phenoxy) is 1. The molecule has 15 heavy (non-hydrogen) atoms. The number of halogens is 1. The third kappa shape index (κ3) is 4.18. The SMILES string of the molecule is N#[N+]CCOC(=O)Cc1ccc(F)cc1. The van der Waals surface area contributed by atoms with Crippen molar-refractivity contribution in [1.82, 2.24) is 0 Å². The monoisotopic (exact) mass is 209 g/mol. The molecule has 4 nitrogen and oxygen atoms in total. The lowest BCUT2D eigenvalue weighted by atomic mass is 10.1. The zero-order valence-electron chi connectivity index (χ0n) is 8.02. The molecule has 0 fully saturated rings. The molecule has 0 N–H and O–H groups in total. The second-order valence-electron chi connectivity index (χ2n) is 2.89. The van der Waals surface area contributed by atoms with Gasteiger partial charge in [-0.1, -0.05) is 12.1 Å². The zero-order valence-corrected chi connectivity index (χ0v) is 8.02. The average molecular weight is 209 g/mol. The Morgan fingerprint density at radius 1 is 1.40 bits per heavy atom. The smallest absolute Gasteiger partial charge is 0.338 e. The van der Waals surface area contributed by atoms with E-state index in [0.717, 1.165) is 0 Å². The van der Waals surface area contributed by atoms with Gasteiger partial charge in [-0.3, -0.25) is 4.79 Å². The fraction of sp³-hybridized carbons (Fsp3) is 0.300. The van der Waals surface area contributed by atoms with Crippen LogP contribution >= 0.6 is 0 Å². The lowest BCUT2D eigenvalue weighted by molar-refractivity contribution is -0.142. The Bertz CT molecular complexity index is 370. The third-order valence-corrected chi connectivity index (χ3v) is 1.72. The number of carbonyl (C=O) groups excluding carboxylic acids is 1. The fourth-order valence-electron chi connectivity index (χ4n) is 1.02. The van der Waals surface area contributed by atoms with Crippen molar-refractivity contribution in [2.45, 2.75) is 6.42 Å². The molecule has 1 aromatic rings. The molecular formula is C10H10FN2O2+. The molecule has 0 saturated heterocycles. The highest BCUT2D eigenvalue weighted by Crippen LogP contribution is 2.04. The van der Waals surface area contributed by atoms with Gasteiger partial charge in [0, 0.05) is 0 Å². The minimum Gasteiger partial charge on any atom is -0.457 e. The second-order valence-corrected chi connectivity index (χ2v) is 2.89. The van der Waals surface area contributed by atoms with Crippen LogP contribution in [0.4, 0.5) is 4.39 Å². The Morgan fingerprint density at radius 2 is 2.07 bits per heavy atom. The summed E-state index contributed by atoms with van der Waals surface area (Å²) < 4.78 is 17.2. The van der Waals surface area contributed by atoms with Crippen molar-refractivity contribution in [2.24, 2.45) is 0 Å². The van der Waals surface area contributed by atoms with Gasteiger partial charge >= 0.3 is 12.5 Å². The van der Waals surface area contributed by atoms with Crippen molar-refractivity contribution in [3.8, 4) is 0 Å². The Morgan fingerprint density at radius 3 is 2.67 bits per heavy atom. The van der Waals surface area contributed by atoms with E-state index in [9.17, 15) is 9.18 Å². The van der Waals surface area contributed by atoms with Crippen LogP contribution < -0.4 is 0 Å². The number of hydrogen-bond donors (Lipinski definition) is 0. The Balaban J connectivity index is 2.38. The molecule has 5 heteroatoms. The van der Waals surface area contributed by atoms with Gasteiger partial charge in [-0.2, -0.15) is 0 Å².